The van der Waals surface area contributed by atoms with E-state index in [-0.39, 0.29) is 5.91 Å². The molecule has 1 aliphatic carbocycles. The van der Waals surface area contributed by atoms with Crippen LogP contribution in [0.3, 0.4) is 0 Å². The van der Waals surface area contributed by atoms with Gasteiger partial charge in [-0.05, 0) is 18.4 Å². The number of piperazine rings is 1. The minimum atomic E-state index is 0.220. The van der Waals surface area contributed by atoms with Gasteiger partial charge >= 0.3 is 0 Å². The fourth-order valence-electron chi connectivity index (χ4n) is 3.01. The summed E-state index contributed by atoms with van der Waals surface area (Å²) in [5, 5.41) is 3.45. The van der Waals surface area contributed by atoms with E-state index in [1.807, 2.05) is 23.1 Å². The summed E-state index contributed by atoms with van der Waals surface area (Å²) in [5.41, 5.74) is 2.32. The Hall–Kier alpha value is -1.72. The average Bonchev–Trinajstić information content (AvgIpc) is 3.31. The topological polar surface area (TPSA) is 36.4 Å². The Morgan fingerprint density at radius 3 is 2.70 bits per heavy atom. The molecule has 4 nitrogen and oxygen atoms in total. The van der Waals surface area contributed by atoms with Crippen molar-refractivity contribution in [2.75, 3.05) is 19.6 Å². The molecule has 5 heteroatoms. The molecule has 0 radical (unpaired) electrons. The standard InChI is InChI=1S/C18H21N3OS/c22-17-12-20(11-16-13-23-18(19-16)15-6-7-15)8-9-21(17)10-14-4-2-1-3-5-14/h1-5,13,15H,6-12H2. The predicted octanol–water partition coefficient (Wildman–Crippen LogP) is 2.86. The van der Waals surface area contributed by atoms with Gasteiger partial charge in [-0.2, -0.15) is 0 Å². The SMILES string of the molecule is O=C1CN(Cc2csc(C3CC3)n2)CCN1Cc1ccccc1. The molecule has 0 unspecified atom stereocenters. The first kappa shape index (κ1) is 14.8. The van der Waals surface area contributed by atoms with Gasteiger partial charge in [-0.1, -0.05) is 30.3 Å². The monoisotopic (exact) mass is 327 g/mol. The second kappa shape index (κ2) is 6.42. The summed E-state index contributed by atoms with van der Waals surface area (Å²) in [6.07, 6.45) is 2.59. The molecule has 1 saturated carbocycles. The van der Waals surface area contributed by atoms with Gasteiger partial charge in [-0.15, -0.1) is 11.3 Å². The third-order valence-electron chi connectivity index (χ3n) is 4.50. The predicted molar refractivity (Wildman–Crippen MR) is 91.2 cm³/mol. The van der Waals surface area contributed by atoms with Gasteiger partial charge in [0.25, 0.3) is 0 Å². The Morgan fingerprint density at radius 2 is 1.96 bits per heavy atom. The van der Waals surface area contributed by atoms with Crippen LogP contribution in [0.4, 0.5) is 0 Å². The van der Waals surface area contributed by atoms with Crippen LogP contribution in [0.1, 0.15) is 35.0 Å². The van der Waals surface area contributed by atoms with Gasteiger partial charge in [-0.25, -0.2) is 4.98 Å². The zero-order valence-electron chi connectivity index (χ0n) is 13.1. The lowest BCUT2D eigenvalue weighted by atomic mass is 10.2. The molecule has 1 aromatic carbocycles. The maximum atomic E-state index is 12.4. The molecule has 1 amide bonds. The molecular weight excluding hydrogens is 306 g/mol. The second-order valence-corrected chi connectivity index (χ2v) is 7.35. The Kier molecular flexibility index (Phi) is 4.14. The Bertz CT molecular complexity index is 681. The highest BCUT2D eigenvalue weighted by atomic mass is 32.1. The summed E-state index contributed by atoms with van der Waals surface area (Å²) in [7, 11) is 0. The van der Waals surface area contributed by atoms with Gasteiger partial charge < -0.3 is 4.90 Å². The number of hydrogen-bond donors (Lipinski definition) is 0. The summed E-state index contributed by atoms with van der Waals surface area (Å²) in [6.45, 7) is 3.75. The number of carbonyl (C=O) groups excluding carboxylic acids is 1. The Morgan fingerprint density at radius 1 is 1.13 bits per heavy atom. The number of aromatic nitrogens is 1. The molecule has 0 atom stereocenters. The molecule has 2 heterocycles. The first-order valence-corrected chi connectivity index (χ1v) is 9.14. The Labute approximate surface area is 140 Å². The van der Waals surface area contributed by atoms with Crippen LogP contribution in [0.15, 0.2) is 35.7 Å². The number of carbonyl (C=O) groups is 1. The molecule has 1 saturated heterocycles. The van der Waals surface area contributed by atoms with Crippen LogP contribution >= 0.6 is 11.3 Å². The van der Waals surface area contributed by atoms with Crippen LogP contribution in [0, 0.1) is 0 Å². The van der Waals surface area contributed by atoms with Crippen molar-refractivity contribution < 1.29 is 4.79 Å². The average molecular weight is 327 g/mol. The minimum Gasteiger partial charge on any atom is -0.336 e. The molecule has 1 aromatic heterocycles. The van der Waals surface area contributed by atoms with Gasteiger partial charge in [0.05, 0.1) is 17.2 Å². The number of benzene rings is 1. The molecule has 0 spiro atoms. The van der Waals surface area contributed by atoms with Gasteiger partial charge in [-0.3, -0.25) is 9.69 Å². The van der Waals surface area contributed by atoms with E-state index in [0.29, 0.717) is 6.54 Å². The second-order valence-electron chi connectivity index (χ2n) is 6.46. The van der Waals surface area contributed by atoms with Crippen molar-refractivity contribution >= 4 is 17.2 Å². The third kappa shape index (κ3) is 3.62. The third-order valence-corrected chi connectivity index (χ3v) is 5.55. The highest BCUT2D eigenvalue weighted by Gasteiger charge is 2.28. The van der Waals surface area contributed by atoms with E-state index in [1.165, 1.54) is 23.4 Å². The summed E-state index contributed by atoms with van der Waals surface area (Å²) in [5.74, 6) is 0.941. The van der Waals surface area contributed by atoms with E-state index < -0.39 is 0 Å². The van der Waals surface area contributed by atoms with E-state index in [9.17, 15) is 4.79 Å². The first-order chi connectivity index (χ1) is 11.3. The highest BCUT2D eigenvalue weighted by Crippen LogP contribution is 2.41. The fourth-order valence-corrected chi connectivity index (χ4v) is 3.99. The van der Waals surface area contributed by atoms with E-state index in [0.717, 1.165) is 37.8 Å². The van der Waals surface area contributed by atoms with Crippen molar-refractivity contribution in [2.24, 2.45) is 0 Å². The molecule has 0 bridgehead atoms. The van der Waals surface area contributed by atoms with E-state index in [1.54, 1.807) is 11.3 Å². The van der Waals surface area contributed by atoms with Crippen molar-refractivity contribution in [2.45, 2.75) is 31.8 Å². The van der Waals surface area contributed by atoms with Crippen molar-refractivity contribution in [1.82, 2.24) is 14.8 Å². The van der Waals surface area contributed by atoms with Crippen molar-refractivity contribution in [3.05, 3.63) is 52.0 Å². The molecule has 2 aliphatic rings. The van der Waals surface area contributed by atoms with Crippen LogP contribution in [0.2, 0.25) is 0 Å². The van der Waals surface area contributed by atoms with Crippen LogP contribution in [-0.2, 0) is 17.9 Å². The summed E-state index contributed by atoms with van der Waals surface area (Å²) in [4.78, 5) is 21.3. The molecular formula is C18H21N3OS. The van der Waals surface area contributed by atoms with Crippen LogP contribution in [0.5, 0.6) is 0 Å². The molecule has 0 N–H and O–H groups in total. The molecule has 23 heavy (non-hydrogen) atoms. The van der Waals surface area contributed by atoms with Gasteiger partial charge in [0.2, 0.25) is 5.91 Å². The van der Waals surface area contributed by atoms with Crippen molar-refractivity contribution in [3.63, 3.8) is 0 Å². The van der Waals surface area contributed by atoms with Crippen LogP contribution in [-0.4, -0.2) is 40.3 Å². The number of thiazole rings is 1. The number of nitrogens with zero attached hydrogens (tertiary/aromatic N) is 3. The fraction of sp³-hybridized carbons (Fsp3) is 0.444. The maximum absolute atomic E-state index is 12.4. The molecule has 2 aromatic rings. The number of hydrogen-bond acceptors (Lipinski definition) is 4. The molecule has 1 aliphatic heterocycles. The number of amides is 1. The van der Waals surface area contributed by atoms with Crippen molar-refractivity contribution in [1.29, 1.82) is 0 Å². The highest BCUT2D eigenvalue weighted by molar-refractivity contribution is 7.09. The summed E-state index contributed by atoms with van der Waals surface area (Å²) in [6, 6.07) is 10.2. The van der Waals surface area contributed by atoms with E-state index in [4.69, 9.17) is 4.98 Å². The van der Waals surface area contributed by atoms with Gasteiger partial charge in [0, 0.05) is 37.5 Å². The lowest BCUT2D eigenvalue weighted by Crippen LogP contribution is -2.49. The zero-order chi connectivity index (χ0) is 15.6. The Balaban J connectivity index is 1.32. The van der Waals surface area contributed by atoms with Crippen molar-refractivity contribution in [3.8, 4) is 0 Å². The van der Waals surface area contributed by atoms with E-state index in [2.05, 4.69) is 22.4 Å². The smallest absolute Gasteiger partial charge is 0.237 e. The largest absolute Gasteiger partial charge is 0.336 e. The molecule has 2 fully saturated rings. The zero-order valence-corrected chi connectivity index (χ0v) is 14.0. The lowest BCUT2D eigenvalue weighted by Gasteiger charge is -2.34. The quantitative estimate of drug-likeness (QED) is 0.847. The lowest BCUT2D eigenvalue weighted by molar-refractivity contribution is -0.136. The first-order valence-electron chi connectivity index (χ1n) is 8.26. The molecule has 4 rings (SSSR count). The van der Waals surface area contributed by atoms with Crippen LogP contribution in [0.25, 0.3) is 0 Å². The van der Waals surface area contributed by atoms with Crippen LogP contribution < -0.4 is 0 Å². The number of rotatable bonds is 5. The maximum Gasteiger partial charge on any atom is 0.237 e. The summed E-state index contributed by atoms with van der Waals surface area (Å²) < 4.78 is 0. The molecule has 120 valence electrons. The van der Waals surface area contributed by atoms with E-state index >= 15 is 0 Å². The summed E-state index contributed by atoms with van der Waals surface area (Å²) >= 11 is 1.78. The normalized spacial score (nSPS) is 19.3. The van der Waals surface area contributed by atoms with Gasteiger partial charge in [0.1, 0.15) is 0 Å². The van der Waals surface area contributed by atoms with Gasteiger partial charge in [0.15, 0.2) is 0 Å². The minimum absolute atomic E-state index is 0.220.